The number of allylic oxidation sites excluding steroid dienone is 2. The average molecular weight is 290 g/mol. The Morgan fingerprint density at radius 2 is 1.83 bits per heavy atom. The number of alkyl halides is 2. The van der Waals surface area contributed by atoms with Crippen molar-refractivity contribution in [2.45, 2.75) is 0 Å². The van der Waals surface area contributed by atoms with Gasteiger partial charge in [-0.25, -0.2) is 0 Å². The van der Waals surface area contributed by atoms with Crippen LogP contribution in [-0.4, -0.2) is 10.7 Å². The maximum Gasteiger partial charge on any atom is 0.0286 e. The highest BCUT2D eigenvalue weighted by molar-refractivity contribution is 9.09. The topological polar surface area (TPSA) is 0 Å². The lowest BCUT2D eigenvalue weighted by atomic mass is 10.1. The van der Waals surface area contributed by atoms with Crippen LogP contribution in [0.5, 0.6) is 0 Å². The van der Waals surface area contributed by atoms with E-state index in [0.717, 1.165) is 10.7 Å². The fourth-order valence-corrected chi connectivity index (χ4v) is 1.94. The second-order valence-electron chi connectivity index (χ2n) is 2.38. The van der Waals surface area contributed by atoms with Crippen molar-refractivity contribution in [3.8, 4) is 0 Å². The molecule has 0 amide bonds. The zero-order valence-corrected chi connectivity index (χ0v) is 9.81. The summed E-state index contributed by atoms with van der Waals surface area (Å²) >= 11 is 6.86. The Bertz CT molecular complexity index is 252. The molecule has 0 unspecified atom stereocenters. The Labute approximate surface area is 89.9 Å². The van der Waals surface area contributed by atoms with E-state index >= 15 is 0 Å². The summed E-state index contributed by atoms with van der Waals surface area (Å²) in [6.45, 7) is 0. The molecule has 0 radical (unpaired) electrons. The van der Waals surface area contributed by atoms with Crippen LogP contribution in [0.1, 0.15) is 5.56 Å². The molecule has 2 heteroatoms. The maximum absolute atomic E-state index is 3.46. The van der Waals surface area contributed by atoms with Crippen molar-refractivity contribution in [3.05, 3.63) is 42.0 Å². The summed E-state index contributed by atoms with van der Waals surface area (Å²) in [7, 11) is 0. The third-order valence-electron chi connectivity index (χ3n) is 1.61. The van der Waals surface area contributed by atoms with Crippen LogP contribution in [0.3, 0.4) is 0 Å². The molecule has 64 valence electrons. The van der Waals surface area contributed by atoms with Crippen LogP contribution in [0.15, 0.2) is 36.4 Å². The van der Waals surface area contributed by atoms with Gasteiger partial charge in [-0.15, -0.1) is 0 Å². The van der Waals surface area contributed by atoms with Crippen LogP contribution in [0.25, 0.3) is 5.57 Å². The monoisotopic (exact) mass is 288 g/mol. The van der Waals surface area contributed by atoms with Gasteiger partial charge in [0.25, 0.3) is 0 Å². The minimum absolute atomic E-state index is 0.905. The van der Waals surface area contributed by atoms with Crippen LogP contribution < -0.4 is 0 Å². The zero-order chi connectivity index (χ0) is 8.81. The number of benzene rings is 1. The summed E-state index contributed by atoms with van der Waals surface area (Å²) in [4.78, 5) is 0. The summed E-state index contributed by atoms with van der Waals surface area (Å²) in [5, 5.41) is 1.81. The Kier molecular flexibility index (Phi) is 4.62. The smallest absolute Gasteiger partial charge is 0.0286 e. The predicted octanol–water partition coefficient (Wildman–Crippen LogP) is 3.86. The molecule has 0 heterocycles. The number of hydrogen-bond acceptors (Lipinski definition) is 0. The van der Waals surface area contributed by atoms with Crippen molar-refractivity contribution < 1.29 is 0 Å². The van der Waals surface area contributed by atoms with Crippen molar-refractivity contribution in [3.63, 3.8) is 0 Å². The fraction of sp³-hybridized carbons (Fsp3) is 0.200. The molecule has 0 spiro atoms. The minimum Gasteiger partial charge on any atom is -0.0883 e. The fourth-order valence-electron chi connectivity index (χ4n) is 0.995. The van der Waals surface area contributed by atoms with E-state index in [1.54, 1.807) is 0 Å². The predicted molar refractivity (Wildman–Crippen MR) is 62.0 cm³/mol. The molecule has 0 saturated carbocycles. The first kappa shape index (κ1) is 10.0. The maximum atomic E-state index is 3.46. The van der Waals surface area contributed by atoms with Gasteiger partial charge in [0.2, 0.25) is 0 Å². The van der Waals surface area contributed by atoms with Crippen LogP contribution in [0, 0.1) is 0 Å². The van der Waals surface area contributed by atoms with Crippen LogP contribution in [0.4, 0.5) is 0 Å². The summed E-state index contributed by atoms with van der Waals surface area (Å²) < 4.78 is 0. The van der Waals surface area contributed by atoms with E-state index in [4.69, 9.17) is 0 Å². The van der Waals surface area contributed by atoms with Crippen molar-refractivity contribution >= 4 is 37.4 Å². The Morgan fingerprint density at radius 1 is 1.17 bits per heavy atom. The average Bonchev–Trinajstić information content (AvgIpc) is 2.15. The first-order valence-corrected chi connectivity index (χ1v) is 5.99. The Morgan fingerprint density at radius 3 is 2.33 bits per heavy atom. The third-order valence-corrected chi connectivity index (χ3v) is 2.54. The molecule has 0 saturated heterocycles. The molecule has 0 nitrogen and oxygen atoms in total. The molecule has 12 heavy (non-hydrogen) atoms. The van der Waals surface area contributed by atoms with Crippen LogP contribution >= 0.6 is 31.9 Å². The Balaban J connectivity index is 2.88. The van der Waals surface area contributed by atoms with E-state index in [9.17, 15) is 0 Å². The van der Waals surface area contributed by atoms with Gasteiger partial charge in [-0.1, -0.05) is 68.3 Å². The molecule has 1 aromatic rings. The normalized spacial score (nSPS) is 11.7. The van der Waals surface area contributed by atoms with Gasteiger partial charge >= 0.3 is 0 Å². The number of hydrogen-bond donors (Lipinski definition) is 0. The van der Waals surface area contributed by atoms with Crippen molar-refractivity contribution in [1.29, 1.82) is 0 Å². The SMILES string of the molecule is BrC/C=C(\CBr)c1ccccc1. The largest absolute Gasteiger partial charge is 0.0883 e. The second kappa shape index (κ2) is 5.55. The van der Waals surface area contributed by atoms with Gasteiger partial charge in [0.15, 0.2) is 0 Å². The molecule has 0 bridgehead atoms. The second-order valence-corrected chi connectivity index (χ2v) is 3.59. The van der Waals surface area contributed by atoms with Gasteiger partial charge in [0, 0.05) is 10.7 Å². The van der Waals surface area contributed by atoms with E-state index in [0.29, 0.717) is 0 Å². The summed E-state index contributed by atoms with van der Waals surface area (Å²) in [5.41, 5.74) is 2.61. The highest BCUT2D eigenvalue weighted by Gasteiger charge is 1.96. The number of halogens is 2. The summed E-state index contributed by atoms with van der Waals surface area (Å²) in [5.74, 6) is 0. The van der Waals surface area contributed by atoms with E-state index < -0.39 is 0 Å². The molecule has 0 aliphatic rings. The molecular weight excluding hydrogens is 280 g/mol. The van der Waals surface area contributed by atoms with Crippen molar-refractivity contribution in [1.82, 2.24) is 0 Å². The van der Waals surface area contributed by atoms with Gasteiger partial charge in [-0.05, 0) is 11.1 Å². The number of rotatable bonds is 3. The Hall–Kier alpha value is -0.0800. The summed E-state index contributed by atoms with van der Waals surface area (Å²) in [6, 6.07) is 10.4. The van der Waals surface area contributed by atoms with E-state index in [2.05, 4.69) is 62.2 Å². The minimum atomic E-state index is 0.905. The lowest BCUT2D eigenvalue weighted by Crippen LogP contribution is -1.84. The molecule has 0 aliphatic carbocycles. The first-order chi connectivity index (χ1) is 5.88. The van der Waals surface area contributed by atoms with E-state index in [-0.39, 0.29) is 0 Å². The van der Waals surface area contributed by atoms with Gasteiger partial charge in [0.1, 0.15) is 0 Å². The zero-order valence-electron chi connectivity index (χ0n) is 6.63. The van der Waals surface area contributed by atoms with Crippen LogP contribution in [0.2, 0.25) is 0 Å². The lowest BCUT2D eigenvalue weighted by Gasteiger charge is -2.01. The van der Waals surface area contributed by atoms with Gasteiger partial charge < -0.3 is 0 Å². The molecule has 0 aliphatic heterocycles. The van der Waals surface area contributed by atoms with Gasteiger partial charge in [-0.2, -0.15) is 0 Å². The van der Waals surface area contributed by atoms with Crippen molar-refractivity contribution in [2.24, 2.45) is 0 Å². The molecule has 1 rings (SSSR count). The molecule has 0 aromatic heterocycles. The molecule has 0 atom stereocenters. The molecule has 1 aromatic carbocycles. The standard InChI is InChI=1S/C10H10Br2/c11-7-6-10(8-12)9-4-2-1-3-5-9/h1-6H,7-8H2/b10-6+. The van der Waals surface area contributed by atoms with E-state index in [1.807, 2.05) is 6.07 Å². The highest BCUT2D eigenvalue weighted by Crippen LogP contribution is 2.16. The van der Waals surface area contributed by atoms with Gasteiger partial charge in [-0.3, -0.25) is 0 Å². The molecular formula is C10H10Br2. The third kappa shape index (κ3) is 2.76. The first-order valence-electron chi connectivity index (χ1n) is 3.75. The van der Waals surface area contributed by atoms with Gasteiger partial charge in [0.05, 0.1) is 0 Å². The quantitative estimate of drug-likeness (QED) is 0.741. The van der Waals surface area contributed by atoms with Crippen molar-refractivity contribution in [2.75, 3.05) is 10.7 Å². The highest BCUT2D eigenvalue weighted by atomic mass is 79.9. The van der Waals surface area contributed by atoms with Crippen LogP contribution in [-0.2, 0) is 0 Å². The lowest BCUT2D eigenvalue weighted by molar-refractivity contribution is 1.57. The molecule has 0 N–H and O–H groups in total. The summed E-state index contributed by atoms with van der Waals surface area (Å²) in [6.07, 6.45) is 2.17. The molecule has 0 fully saturated rings. The van der Waals surface area contributed by atoms with E-state index in [1.165, 1.54) is 11.1 Å².